The number of hydrogen-bond donors (Lipinski definition) is 1. The van der Waals surface area contributed by atoms with E-state index in [0.717, 1.165) is 75.0 Å². The van der Waals surface area contributed by atoms with Crippen molar-refractivity contribution in [3.63, 3.8) is 0 Å². The molecule has 1 spiro atoms. The maximum atomic E-state index is 13.3. The van der Waals surface area contributed by atoms with Crippen molar-refractivity contribution in [2.45, 2.75) is 56.6 Å². The minimum absolute atomic E-state index is 0.154. The Morgan fingerprint density at radius 3 is 2.90 bits per heavy atom. The van der Waals surface area contributed by atoms with Gasteiger partial charge in [0, 0.05) is 36.7 Å². The number of piperidine rings is 1. The van der Waals surface area contributed by atoms with Crippen molar-refractivity contribution in [2.24, 2.45) is 0 Å². The average molecular weight is 414 g/mol. The molecule has 3 aliphatic heterocycles. The fourth-order valence-corrected chi connectivity index (χ4v) is 6.16. The summed E-state index contributed by atoms with van der Waals surface area (Å²) >= 11 is 1.68. The van der Waals surface area contributed by atoms with Crippen molar-refractivity contribution in [1.82, 2.24) is 25.0 Å². The number of amides is 1. The van der Waals surface area contributed by atoms with Gasteiger partial charge in [-0.15, -0.1) is 11.3 Å². The number of nitrogens with one attached hydrogen (secondary N) is 1. The first-order valence-corrected chi connectivity index (χ1v) is 11.7. The summed E-state index contributed by atoms with van der Waals surface area (Å²) in [5, 5.41) is 8.13. The van der Waals surface area contributed by atoms with Gasteiger partial charge in [-0.2, -0.15) is 5.10 Å². The molecule has 7 nitrogen and oxygen atoms in total. The van der Waals surface area contributed by atoms with Crippen LogP contribution in [0.25, 0.3) is 0 Å². The van der Waals surface area contributed by atoms with Gasteiger partial charge < -0.3 is 15.0 Å². The zero-order valence-electron chi connectivity index (χ0n) is 16.7. The van der Waals surface area contributed by atoms with Crippen LogP contribution in [0.2, 0.25) is 0 Å². The highest BCUT2D eigenvalue weighted by Gasteiger charge is 2.41. The van der Waals surface area contributed by atoms with Crippen LogP contribution >= 0.6 is 11.3 Å². The molecule has 1 amide bonds. The molecule has 1 saturated carbocycles. The minimum atomic E-state index is -0.183. The molecule has 2 aromatic heterocycles. The van der Waals surface area contributed by atoms with Gasteiger partial charge in [0.2, 0.25) is 0 Å². The van der Waals surface area contributed by atoms with Gasteiger partial charge in [0.25, 0.3) is 5.91 Å². The third-order valence-corrected chi connectivity index (χ3v) is 7.99. The van der Waals surface area contributed by atoms with Crippen molar-refractivity contribution in [1.29, 1.82) is 0 Å². The summed E-state index contributed by atoms with van der Waals surface area (Å²) < 4.78 is 8.31. The number of carbonyl (C=O) groups is 1. The molecule has 0 unspecified atom stereocenters. The lowest BCUT2D eigenvalue weighted by Crippen LogP contribution is -2.44. The third kappa shape index (κ3) is 3.12. The van der Waals surface area contributed by atoms with Gasteiger partial charge in [-0.05, 0) is 50.4 Å². The number of thiophene rings is 1. The van der Waals surface area contributed by atoms with Gasteiger partial charge >= 0.3 is 0 Å². The lowest BCUT2D eigenvalue weighted by molar-refractivity contribution is -0.0792. The Bertz CT molecular complexity index is 916. The van der Waals surface area contributed by atoms with E-state index in [1.165, 1.54) is 23.3 Å². The SMILES string of the molecule is O=C(c1cc2c(s1)CCOC21CCNCC1)N1CCc2nc(C3CC3)nn2CC1. The Morgan fingerprint density at radius 1 is 1.21 bits per heavy atom. The van der Waals surface area contributed by atoms with Crippen LogP contribution < -0.4 is 5.32 Å². The molecule has 1 saturated heterocycles. The number of nitrogens with zero attached hydrogens (tertiary/aromatic N) is 4. The normalized spacial score (nSPS) is 23.5. The molecule has 0 radical (unpaired) electrons. The van der Waals surface area contributed by atoms with Crippen LogP contribution in [0.15, 0.2) is 6.07 Å². The maximum Gasteiger partial charge on any atom is 0.264 e. The summed E-state index contributed by atoms with van der Waals surface area (Å²) in [4.78, 5) is 22.3. The van der Waals surface area contributed by atoms with Gasteiger partial charge in [0.05, 0.1) is 23.6 Å². The van der Waals surface area contributed by atoms with E-state index in [1.54, 1.807) is 11.3 Å². The molecule has 5 heterocycles. The molecule has 4 aliphatic rings. The molecule has 0 bridgehead atoms. The predicted molar refractivity (Wildman–Crippen MR) is 109 cm³/mol. The largest absolute Gasteiger partial charge is 0.370 e. The van der Waals surface area contributed by atoms with Crippen molar-refractivity contribution >= 4 is 17.2 Å². The first-order valence-electron chi connectivity index (χ1n) is 10.9. The molecule has 29 heavy (non-hydrogen) atoms. The van der Waals surface area contributed by atoms with Gasteiger partial charge in [-0.1, -0.05) is 0 Å². The fraction of sp³-hybridized carbons (Fsp3) is 0.667. The second-order valence-corrected chi connectivity index (χ2v) is 9.85. The Kier molecular flexibility index (Phi) is 4.28. The van der Waals surface area contributed by atoms with Gasteiger partial charge in [-0.25, -0.2) is 9.67 Å². The Hall–Kier alpha value is -1.77. The maximum absolute atomic E-state index is 13.3. The van der Waals surface area contributed by atoms with Crippen LogP contribution in [0.4, 0.5) is 0 Å². The standard InChI is InChI=1S/C21H27N5O2S/c27-20(25-9-3-18-23-19(14-1-2-14)24-26(18)11-10-25)17-13-15-16(29-17)4-12-28-21(15)5-7-22-8-6-21/h13-14,22H,1-12H2. The number of rotatable bonds is 2. The monoisotopic (exact) mass is 413 g/mol. The molecule has 2 aromatic rings. The summed E-state index contributed by atoms with van der Waals surface area (Å²) in [5.41, 5.74) is 1.09. The molecule has 0 aromatic carbocycles. The quantitative estimate of drug-likeness (QED) is 0.816. The van der Waals surface area contributed by atoms with Crippen molar-refractivity contribution in [3.05, 3.63) is 33.0 Å². The van der Waals surface area contributed by atoms with Crippen LogP contribution in [0.3, 0.4) is 0 Å². The molecule has 0 atom stereocenters. The van der Waals surface area contributed by atoms with Crippen LogP contribution in [0.5, 0.6) is 0 Å². The number of carbonyl (C=O) groups excluding carboxylic acids is 1. The molecule has 154 valence electrons. The van der Waals surface area contributed by atoms with E-state index in [2.05, 4.69) is 11.4 Å². The number of aromatic nitrogens is 3. The van der Waals surface area contributed by atoms with Crippen LogP contribution in [-0.4, -0.2) is 58.4 Å². The van der Waals surface area contributed by atoms with E-state index in [0.29, 0.717) is 12.5 Å². The second kappa shape index (κ2) is 6.89. The first-order chi connectivity index (χ1) is 14.2. The van der Waals surface area contributed by atoms with Crippen molar-refractivity contribution in [2.75, 3.05) is 32.8 Å². The van der Waals surface area contributed by atoms with Gasteiger partial charge in [-0.3, -0.25) is 4.79 Å². The molecular formula is C21H27N5O2S. The van der Waals surface area contributed by atoms with E-state index < -0.39 is 0 Å². The Balaban J connectivity index is 1.21. The van der Waals surface area contributed by atoms with E-state index >= 15 is 0 Å². The molecule has 6 rings (SSSR count). The zero-order chi connectivity index (χ0) is 19.4. The first kappa shape index (κ1) is 18.0. The molecular weight excluding hydrogens is 386 g/mol. The number of hydrogen-bond acceptors (Lipinski definition) is 6. The summed E-state index contributed by atoms with van der Waals surface area (Å²) in [5.74, 6) is 2.78. The van der Waals surface area contributed by atoms with Crippen LogP contribution in [0, 0.1) is 0 Å². The predicted octanol–water partition coefficient (Wildman–Crippen LogP) is 2.07. The third-order valence-electron chi connectivity index (χ3n) is 6.81. The fourth-order valence-electron chi connectivity index (χ4n) is 4.96. The highest BCUT2D eigenvalue weighted by molar-refractivity contribution is 7.14. The molecule has 2 fully saturated rings. The van der Waals surface area contributed by atoms with Gasteiger partial charge in [0.15, 0.2) is 5.82 Å². The Morgan fingerprint density at radius 2 is 2.07 bits per heavy atom. The van der Waals surface area contributed by atoms with Crippen LogP contribution in [0.1, 0.15) is 63.4 Å². The van der Waals surface area contributed by atoms with E-state index in [1.807, 2.05) is 9.58 Å². The number of ether oxygens (including phenoxy) is 1. The van der Waals surface area contributed by atoms with Gasteiger partial charge in [0.1, 0.15) is 5.82 Å². The smallest absolute Gasteiger partial charge is 0.264 e. The van der Waals surface area contributed by atoms with E-state index in [4.69, 9.17) is 14.8 Å². The Labute approximate surface area is 174 Å². The van der Waals surface area contributed by atoms with Crippen molar-refractivity contribution in [3.8, 4) is 0 Å². The summed E-state index contributed by atoms with van der Waals surface area (Å²) in [6.07, 6.45) is 6.13. The molecule has 1 aliphatic carbocycles. The lowest BCUT2D eigenvalue weighted by atomic mass is 9.83. The van der Waals surface area contributed by atoms with E-state index in [9.17, 15) is 4.79 Å². The summed E-state index contributed by atoms with van der Waals surface area (Å²) in [6, 6.07) is 2.14. The van der Waals surface area contributed by atoms with Crippen LogP contribution in [-0.2, 0) is 29.7 Å². The van der Waals surface area contributed by atoms with E-state index in [-0.39, 0.29) is 11.5 Å². The second-order valence-electron chi connectivity index (χ2n) is 8.72. The molecule has 8 heteroatoms. The average Bonchev–Trinajstić information content (AvgIpc) is 3.42. The number of fused-ring (bicyclic) bond motifs is 3. The molecule has 1 N–H and O–H groups in total. The summed E-state index contributed by atoms with van der Waals surface area (Å²) in [7, 11) is 0. The highest BCUT2D eigenvalue weighted by atomic mass is 32.1. The minimum Gasteiger partial charge on any atom is -0.370 e. The topological polar surface area (TPSA) is 72.3 Å². The van der Waals surface area contributed by atoms with Crippen molar-refractivity contribution < 1.29 is 9.53 Å². The summed E-state index contributed by atoms with van der Waals surface area (Å²) in [6.45, 7) is 4.88. The lowest BCUT2D eigenvalue weighted by Gasteiger charge is -2.40. The zero-order valence-corrected chi connectivity index (χ0v) is 17.5. The highest BCUT2D eigenvalue weighted by Crippen LogP contribution is 2.43.